The third-order valence-electron chi connectivity index (χ3n) is 3.61. The van der Waals surface area contributed by atoms with Crippen molar-refractivity contribution in [1.29, 1.82) is 0 Å². The maximum Gasteiger partial charge on any atom is 0.412 e. The maximum absolute atomic E-state index is 12.2. The van der Waals surface area contributed by atoms with Crippen LogP contribution in [0.4, 0.5) is 10.5 Å². The first-order valence-corrected chi connectivity index (χ1v) is 8.55. The summed E-state index contributed by atoms with van der Waals surface area (Å²) in [4.78, 5) is 12.2. The van der Waals surface area contributed by atoms with E-state index >= 15 is 0 Å². The lowest BCUT2D eigenvalue weighted by atomic mass is 10.0. The quantitative estimate of drug-likeness (QED) is 0.744. The Kier molecular flexibility index (Phi) is 6.03. The van der Waals surface area contributed by atoms with Gasteiger partial charge in [0.15, 0.2) is 0 Å². The molecular weight excluding hydrogens is 354 g/mol. The number of rotatable bonds is 4. The zero-order chi connectivity index (χ0) is 19.5. The van der Waals surface area contributed by atoms with Crippen LogP contribution in [0.5, 0.6) is 11.5 Å². The molecule has 0 unspecified atom stereocenters. The van der Waals surface area contributed by atoms with E-state index in [0.29, 0.717) is 22.2 Å². The van der Waals surface area contributed by atoms with E-state index in [9.17, 15) is 4.79 Å². The van der Waals surface area contributed by atoms with Crippen molar-refractivity contribution in [2.75, 3.05) is 19.5 Å². The highest BCUT2D eigenvalue weighted by Gasteiger charge is 2.18. The molecule has 2 aromatic carbocycles. The van der Waals surface area contributed by atoms with Crippen molar-refractivity contribution in [3.05, 3.63) is 40.9 Å². The van der Waals surface area contributed by atoms with Gasteiger partial charge < -0.3 is 14.2 Å². The van der Waals surface area contributed by atoms with E-state index in [1.165, 1.54) is 0 Å². The summed E-state index contributed by atoms with van der Waals surface area (Å²) in [6, 6.07) is 9.12. The number of ether oxygens (including phenoxy) is 3. The van der Waals surface area contributed by atoms with Gasteiger partial charge in [-0.1, -0.05) is 11.6 Å². The van der Waals surface area contributed by atoms with Crippen molar-refractivity contribution in [3.8, 4) is 22.6 Å². The molecule has 0 heterocycles. The molecule has 0 saturated carbocycles. The third-order valence-corrected chi connectivity index (χ3v) is 3.89. The number of hydrogen-bond donors (Lipinski definition) is 1. The molecule has 0 saturated heterocycles. The fourth-order valence-electron chi connectivity index (χ4n) is 2.56. The summed E-state index contributed by atoms with van der Waals surface area (Å²) in [5, 5.41) is 3.29. The average Bonchev–Trinajstić information content (AvgIpc) is 2.53. The smallest absolute Gasteiger partial charge is 0.412 e. The van der Waals surface area contributed by atoms with Crippen LogP contribution in [-0.2, 0) is 4.74 Å². The van der Waals surface area contributed by atoms with Gasteiger partial charge in [-0.25, -0.2) is 4.79 Å². The summed E-state index contributed by atoms with van der Waals surface area (Å²) in [5.41, 5.74) is 2.50. The molecule has 2 aromatic rings. The van der Waals surface area contributed by atoms with Crippen molar-refractivity contribution in [1.82, 2.24) is 0 Å². The molecule has 26 heavy (non-hydrogen) atoms. The summed E-state index contributed by atoms with van der Waals surface area (Å²) in [5.74, 6) is 1.29. The molecular formula is C20H24ClNO4. The summed E-state index contributed by atoms with van der Waals surface area (Å²) < 4.78 is 16.0. The predicted molar refractivity (Wildman–Crippen MR) is 105 cm³/mol. The Balaban J connectivity index is 2.48. The first-order valence-electron chi connectivity index (χ1n) is 8.17. The highest BCUT2D eigenvalue weighted by Crippen LogP contribution is 2.38. The van der Waals surface area contributed by atoms with E-state index in [2.05, 4.69) is 5.32 Å². The van der Waals surface area contributed by atoms with E-state index in [0.717, 1.165) is 16.7 Å². The van der Waals surface area contributed by atoms with Crippen molar-refractivity contribution < 1.29 is 19.0 Å². The van der Waals surface area contributed by atoms with Crippen LogP contribution in [0.2, 0.25) is 5.02 Å². The number of benzene rings is 2. The van der Waals surface area contributed by atoms with Crippen LogP contribution in [0.1, 0.15) is 26.3 Å². The molecule has 1 N–H and O–H groups in total. The van der Waals surface area contributed by atoms with Crippen LogP contribution in [0.15, 0.2) is 30.3 Å². The maximum atomic E-state index is 12.2. The van der Waals surface area contributed by atoms with Gasteiger partial charge in [0.1, 0.15) is 17.1 Å². The second-order valence-electron chi connectivity index (χ2n) is 6.85. The van der Waals surface area contributed by atoms with Crippen LogP contribution in [0.25, 0.3) is 11.1 Å². The molecule has 6 heteroatoms. The van der Waals surface area contributed by atoms with Crippen LogP contribution >= 0.6 is 11.6 Å². The van der Waals surface area contributed by atoms with Crippen LogP contribution in [0, 0.1) is 6.92 Å². The van der Waals surface area contributed by atoms with Gasteiger partial charge in [-0.3, -0.25) is 5.32 Å². The SMILES string of the molecule is COc1ccc(NC(=O)OC(C)(C)C)c(-c2cc(C)c(OC)c(Cl)c2)c1. The van der Waals surface area contributed by atoms with Gasteiger partial charge in [-0.15, -0.1) is 0 Å². The van der Waals surface area contributed by atoms with Gasteiger partial charge >= 0.3 is 6.09 Å². The molecule has 0 aliphatic heterocycles. The van der Waals surface area contributed by atoms with Crippen LogP contribution in [-0.4, -0.2) is 25.9 Å². The molecule has 1 amide bonds. The topological polar surface area (TPSA) is 56.8 Å². The number of methoxy groups -OCH3 is 2. The summed E-state index contributed by atoms with van der Waals surface area (Å²) in [6.07, 6.45) is -0.528. The van der Waals surface area contributed by atoms with Crippen LogP contribution in [0.3, 0.4) is 0 Å². The standard InChI is InChI=1S/C20H24ClNO4/c1-12-9-13(10-16(21)18(12)25-6)15-11-14(24-5)7-8-17(15)22-19(23)26-20(2,3)4/h7-11H,1-6H3,(H,22,23). The minimum absolute atomic E-state index is 0.494. The van der Waals surface area contributed by atoms with Gasteiger partial charge in [-0.2, -0.15) is 0 Å². The lowest BCUT2D eigenvalue weighted by Crippen LogP contribution is -2.27. The van der Waals surface area contributed by atoms with Gasteiger partial charge in [0.2, 0.25) is 0 Å². The predicted octanol–water partition coefficient (Wildman–Crippen LogP) is 5.68. The number of anilines is 1. The molecule has 0 aliphatic carbocycles. The monoisotopic (exact) mass is 377 g/mol. The number of halogens is 1. The number of aryl methyl sites for hydroxylation is 1. The molecule has 0 fully saturated rings. The number of amides is 1. The van der Waals surface area contributed by atoms with Gasteiger partial charge in [0.05, 0.1) is 24.9 Å². The lowest BCUT2D eigenvalue weighted by Gasteiger charge is -2.21. The van der Waals surface area contributed by atoms with Crippen molar-refractivity contribution in [2.24, 2.45) is 0 Å². The Morgan fingerprint density at radius 2 is 1.77 bits per heavy atom. The molecule has 0 bridgehead atoms. The molecule has 0 spiro atoms. The molecule has 2 rings (SSSR count). The first kappa shape index (κ1) is 19.9. The largest absolute Gasteiger partial charge is 0.497 e. The first-order chi connectivity index (χ1) is 12.1. The van der Waals surface area contributed by atoms with Gasteiger partial charge in [0, 0.05) is 5.56 Å². The van der Waals surface area contributed by atoms with Crippen molar-refractivity contribution >= 4 is 23.4 Å². The molecule has 5 nitrogen and oxygen atoms in total. The fraction of sp³-hybridized carbons (Fsp3) is 0.350. The zero-order valence-corrected chi connectivity index (χ0v) is 16.7. The fourth-order valence-corrected chi connectivity index (χ4v) is 2.90. The number of carbonyl (C=O) groups is 1. The van der Waals surface area contributed by atoms with E-state index in [1.54, 1.807) is 32.4 Å². The van der Waals surface area contributed by atoms with E-state index in [1.807, 2.05) is 39.8 Å². The Morgan fingerprint density at radius 3 is 2.31 bits per heavy atom. The number of nitrogens with one attached hydrogen (secondary N) is 1. The minimum Gasteiger partial charge on any atom is -0.497 e. The van der Waals surface area contributed by atoms with E-state index in [4.69, 9.17) is 25.8 Å². The van der Waals surface area contributed by atoms with Crippen molar-refractivity contribution in [3.63, 3.8) is 0 Å². The minimum atomic E-state index is -0.587. The Morgan fingerprint density at radius 1 is 1.08 bits per heavy atom. The van der Waals surface area contributed by atoms with E-state index in [-0.39, 0.29) is 0 Å². The van der Waals surface area contributed by atoms with Gasteiger partial charge in [0.25, 0.3) is 0 Å². The molecule has 0 atom stereocenters. The van der Waals surface area contributed by atoms with Crippen LogP contribution < -0.4 is 14.8 Å². The number of hydrogen-bond acceptors (Lipinski definition) is 4. The lowest BCUT2D eigenvalue weighted by molar-refractivity contribution is 0.0636. The Hall–Kier alpha value is -2.40. The van der Waals surface area contributed by atoms with Crippen molar-refractivity contribution in [2.45, 2.75) is 33.3 Å². The summed E-state index contributed by atoms with van der Waals surface area (Å²) >= 11 is 6.34. The molecule has 0 aromatic heterocycles. The third kappa shape index (κ3) is 4.82. The Bertz CT molecular complexity index is 789. The Labute approximate surface area is 159 Å². The van der Waals surface area contributed by atoms with E-state index < -0.39 is 11.7 Å². The second-order valence-corrected chi connectivity index (χ2v) is 7.25. The highest BCUT2D eigenvalue weighted by molar-refractivity contribution is 6.32. The molecule has 0 radical (unpaired) electrons. The molecule has 140 valence electrons. The normalized spacial score (nSPS) is 11.0. The molecule has 0 aliphatic rings. The zero-order valence-electron chi connectivity index (χ0n) is 15.9. The van der Waals surface area contributed by atoms with Gasteiger partial charge in [-0.05, 0) is 69.2 Å². The summed E-state index contributed by atoms with van der Waals surface area (Å²) in [6.45, 7) is 7.35. The number of carbonyl (C=O) groups excluding carboxylic acids is 1. The highest BCUT2D eigenvalue weighted by atomic mass is 35.5. The summed E-state index contributed by atoms with van der Waals surface area (Å²) in [7, 11) is 3.17. The second kappa shape index (κ2) is 7.87. The average molecular weight is 378 g/mol.